The van der Waals surface area contributed by atoms with Gasteiger partial charge in [0.15, 0.2) is 5.16 Å². The minimum Gasteiger partial charge on any atom is -0.379 e. The van der Waals surface area contributed by atoms with Crippen LogP contribution >= 0.6 is 11.8 Å². The molecule has 0 radical (unpaired) electrons. The summed E-state index contributed by atoms with van der Waals surface area (Å²) in [6.45, 7) is 5.62. The molecule has 0 bridgehead atoms. The molecule has 9 heteroatoms. The molecule has 2 aromatic carbocycles. The van der Waals surface area contributed by atoms with Crippen molar-refractivity contribution in [2.45, 2.75) is 29.7 Å². The number of rotatable bonds is 6. The van der Waals surface area contributed by atoms with E-state index < -0.39 is 10.0 Å². The van der Waals surface area contributed by atoms with Crippen LogP contribution in [-0.4, -0.2) is 53.8 Å². The SMILES string of the molecule is Cc1ccc(-n2c(C)nnc2SCc2cccc(S(=O)(=O)N3CCOCC3)c2)cc1. The van der Waals surface area contributed by atoms with Crippen LogP contribution in [0.4, 0.5) is 0 Å². The number of hydrogen-bond donors (Lipinski definition) is 0. The quantitative estimate of drug-likeness (QED) is 0.544. The van der Waals surface area contributed by atoms with Crippen LogP contribution in [0.2, 0.25) is 0 Å². The number of ether oxygens (including phenoxy) is 1. The van der Waals surface area contributed by atoms with Crippen molar-refractivity contribution in [2.24, 2.45) is 0 Å². The second kappa shape index (κ2) is 8.89. The Morgan fingerprint density at radius 2 is 1.77 bits per heavy atom. The average molecular weight is 445 g/mol. The number of aromatic nitrogens is 3. The maximum absolute atomic E-state index is 12.9. The third kappa shape index (κ3) is 4.44. The van der Waals surface area contributed by atoms with Crippen LogP contribution in [-0.2, 0) is 20.5 Å². The molecule has 3 aromatic rings. The van der Waals surface area contributed by atoms with E-state index in [4.69, 9.17) is 4.74 Å². The van der Waals surface area contributed by atoms with Crippen LogP contribution in [0.5, 0.6) is 0 Å². The van der Waals surface area contributed by atoms with Gasteiger partial charge in [-0.25, -0.2) is 8.42 Å². The van der Waals surface area contributed by atoms with E-state index in [1.54, 1.807) is 18.2 Å². The van der Waals surface area contributed by atoms with Gasteiger partial charge in [0.05, 0.1) is 18.1 Å². The van der Waals surface area contributed by atoms with Crippen molar-refractivity contribution in [3.05, 3.63) is 65.5 Å². The predicted octanol–water partition coefficient (Wildman–Crippen LogP) is 3.20. The molecule has 4 rings (SSSR count). The molecule has 1 saturated heterocycles. The van der Waals surface area contributed by atoms with Gasteiger partial charge in [-0.3, -0.25) is 4.57 Å². The summed E-state index contributed by atoms with van der Waals surface area (Å²) in [5.41, 5.74) is 3.12. The Labute approximate surface area is 181 Å². The molecule has 30 heavy (non-hydrogen) atoms. The Hall–Kier alpha value is -2.20. The largest absolute Gasteiger partial charge is 0.379 e. The maximum atomic E-state index is 12.9. The zero-order valence-electron chi connectivity index (χ0n) is 17.0. The van der Waals surface area contributed by atoms with Crippen LogP contribution in [0, 0.1) is 13.8 Å². The summed E-state index contributed by atoms with van der Waals surface area (Å²) in [5.74, 6) is 1.40. The first-order chi connectivity index (χ1) is 14.4. The van der Waals surface area contributed by atoms with E-state index in [-0.39, 0.29) is 0 Å². The molecule has 0 amide bonds. The summed E-state index contributed by atoms with van der Waals surface area (Å²) in [7, 11) is -3.51. The van der Waals surface area contributed by atoms with Crippen molar-refractivity contribution < 1.29 is 13.2 Å². The van der Waals surface area contributed by atoms with E-state index in [1.807, 2.05) is 29.7 Å². The number of sulfonamides is 1. The first-order valence-corrected chi connectivity index (χ1v) is 12.2. The molecular weight excluding hydrogens is 420 g/mol. The molecule has 0 aliphatic carbocycles. The van der Waals surface area contributed by atoms with Crippen molar-refractivity contribution in [1.29, 1.82) is 0 Å². The molecule has 1 fully saturated rings. The van der Waals surface area contributed by atoms with Crippen LogP contribution in [0.15, 0.2) is 58.6 Å². The lowest BCUT2D eigenvalue weighted by molar-refractivity contribution is 0.0730. The molecule has 0 N–H and O–H groups in total. The Balaban J connectivity index is 1.53. The highest BCUT2D eigenvalue weighted by molar-refractivity contribution is 7.98. The number of nitrogens with zero attached hydrogens (tertiary/aromatic N) is 4. The van der Waals surface area contributed by atoms with Gasteiger partial charge in [-0.2, -0.15) is 4.31 Å². The minimum absolute atomic E-state index is 0.318. The monoisotopic (exact) mass is 444 g/mol. The lowest BCUT2D eigenvalue weighted by Crippen LogP contribution is -2.40. The predicted molar refractivity (Wildman–Crippen MR) is 116 cm³/mol. The van der Waals surface area contributed by atoms with E-state index in [2.05, 4.69) is 29.3 Å². The number of aryl methyl sites for hydroxylation is 2. The first kappa shape index (κ1) is 21.0. The van der Waals surface area contributed by atoms with Gasteiger partial charge in [0, 0.05) is 24.5 Å². The third-order valence-corrected chi connectivity index (χ3v) is 7.86. The Bertz CT molecular complexity index is 1120. The van der Waals surface area contributed by atoms with E-state index in [9.17, 15) is 8.42 Å². The summed E-state index contributed by atoms with van der Waals surface area (Å²) in [6.07, 6.45) is 0. The molecule has 0 unspecified atom stereocenters. The second-order valence-corrected chi connectivity index (χ2v) is 10.0. The van der Waals surface area contributed by atoms with Crippen LogP contribution in [0.1, 0.15) is 17.0 Å². The smallest absolute Gasteiger partial charge is 0.243 e. The Kier molecular flexibility index (Phi) is 6.24. The standard InChI is InChI=1S/C21H24N4O3S2/c1-16-6-8-19(9-7-16)25-17(2)22-23-21(25)29-15-18-4-3-5-20(14-18)30(26,27)24-10-12-28-13-11-24/h3-9,14H,10-13,15H2,1-2H3. The Morgan fingerprint density at radius 1 is 1.03 bits per heavy atom. The lowest BCUT2D eigenvalue weighted by Gasteiger charge is -2.26. The van der Waals surface area contributed by atoms with Crippen LogP contribution < -0.4 is 0 Å². The summed E-state index contributed by atoms with van der Waals surface area (Å²) in [6, 6.07) is 15.3. The highest BCUT2D eigenvalue weighted by atomic mass is 32.2. The summed E-state index contributed by atoms with van der Waals surface area (Å²) in [5, 5.41) is 9.31. The maximum Gasteiger partial charge on any atom is 0.243 e. The molecule has 0 atom stereocenters. The molecular formula is C21H24N4O3S2. The highest BCUT2D eigenvalue weighted by Crippen LogP contribution is 2.27. The van der Waals surface area contributed by atoms with Crippen molar-refractivity contribution in [2.75, 3.05) is 26.3 Å². The zero-order valence-corrected chi connectivity index (χ0v) is 18.6. The fourth-order valence-electron chi connectivity index (χ4n) is 3.31. The van der Waals surface area contributed by atoms with Crippen molar-refractivity contribution in [3.8, 4) is 5.69 Å². The van der Waals surface area contributed by atoms with Gasteiger partial charge in [0.1, 0.15) is 5.82 Å². The van der Waals surface area contributed by atoms with Crippen molar-refractivity contribution >= 4 is 21.8 Å². The molecule has 2 heterocycles. The average Bonchev–Trinajstić information content (AvgIpc) is 3.14. The number of morpholine rings is 1. The number of benzene rings is 2. The molecule has 158 valence electrons. The van der Waals surface area contributed by atoms with Crippen molar-refractivity contribution in [1.82, 2.24) is 19.1 Å². The third-order valence-electron chi connectivity index (χ3n) is 4.96. The van der Waals surface area contributed by atoms with E-state index in [0.717, 1.165) is 22.2 Å². The first-order valence-electron chi connectivity index (χ1n) is 9.74. The van der Waals surface area contributed by atoms with Gasteiger partial charge in [-0.05, 0) is 43.7 Å². The lowest BCUT2D eigenvalue weighted by atomic mass is 10.2. The van der Waals surface area contributed by atoms with Gasteiger partial charge in [0.25, 0.3) is 0 Å². The van der Waals surface area contributed by atoms with Gasteiger partial charge >= 0.3 is 0 Å². The molecule has 1 aromatic heterocycles. The van der Waals surface area contributed by atoms with Gasteiger partial charge in [0.2, 0.25) is 10.0 Å². The number of thioether (sulfide) groups is 1. The fourth-order valence-corrected chi connectivity index (χ4v) is 5.73. The zero-order chi connectivity index (χ0) is 21.1. The van der Waals surface area contributed by atoms with Gasteiger partial charge in [-0.1, -0.05) is 41.6 Å². The molecule has 1 aliphatic heterocycles. The normalized spacial score (nSPS) is 15.4. The van der Waals surface area contributed by atoms with Gasteiger partial charge in [-0.15, -0.1) is 10.2 Å². The molecule has 1 aliphatic rings. The summed E-state index contributed by atoms with van der Waals surface area (Å²) >= 11 is 1.54. The topological polar surface area (TPSA) is 77.3 Å². The Morgan fingerprint density at radius 3 is 2.50 bits per heavy atom. The van der Waals surface area contributed by atoms with Crippen LogP contribution in [0.25, 0.3) is 5.69 Å². The fraction of sp³-hybridized carbons (Fsp3) is 0.333. The minimum atomic E-state index is -3.51. The van der Waals surface area contributed by atoms with Crippen LogP contribution in [0.3, 0.4) is 0 Å². The number of hydrogen-bond acceptors (Lipinski definition) is 6. The second-order valence-electron chi connectivity index (χ2n) is 7.15. The molecule has 0 saturated carbocycles. The highest BCUT2D eigenvalue weighted by Gasteiger charge is 2.26. The van der Waals surface area contributed by atoms with Crippen molar-refractivity contribution in [3.63, 3.8) is 0 Å². The molecule has 7 nitrogen and oxygen atoms in total. The van der Waals surface area contributed by atoms with E-state index >= 15 is 0 Å². The van der Waals surface area contributed by atoms with E-state index in [0.29, 0.717) is 37.0 Å². The summed E-state index contributed by atoms with van der Waals surface area (Å²) < 4.78 is 34.6. The van der Waals surface area contributed by atoms with E-state index in [1.165, 1.54) is 21.6 Å². The summed E-state index contributed by atoms with van der Waals surface area (Å²) in [4.78, 5) is 0.318. The molecule has 0 spiro atoms. The van der Waals surface area contributed by atoms with Gasteiger partial charge < -0.3 is 4.74 Å².